The molecule has 2 heterocycles. The number of amidine groups is 1. The van der Waals surface area contributed by atoms with Crippen LogP contribution in [0.1, 0.15) is 18.1 Å². The minimum atomic E-state index is -1.16. The lowest BCUT2D eigenvalue weighted by atomic mass is 9.91. The average molecular weight is 346 g/mol. The predicted molar refractivity (Wildman–Crippen MR) is 91.7 cm³/mol. The molecule has 1 atom stereocenters. The van der Waals surface area contributed by atoms with Gasteiger partial charge in [-0.05, 0) is 19.4 Å². The molecule has 2 aliphatic rings. The zero-order valence-corrected chi connectivity index (χ0v) is 14.3. The van der Waals surface area contributed by atoms with Gasteiger partial charge in [0, 0.05) is 5.75 Å². The van der Waals surface area contributed by atoms with E-state index in [1.807, 2.05) is 19.1 Å². The maximum Gasteiger partial charge on any atom is 0.325 e. The second-order valence-corrected chi connectivity index (χ2v) is 6.98. The summed E-state index contributed by atoms with van der Waals surface area (Å²) in [5.41, 5.74) is 0.584. The fourth-order valence-electron chi connectivity index (χ4n) is 2.64. The summed E-state index contributed by atoms with van der Waals surface area (Å²) in [5.74, 6) is -0.0446. The normalized spacial score (nSPS) is 23.2. The van der Waals surface area contributed by atoms with Gasteiger partial charge in [0.05, 0.1) is 6.54 Å². The van der Waals surface area contributed by atoms with Crippen molar-refractivity contribution < 1.29 is 14.4 Å². The van der Waals surface area contributed by atoms with Crippen molar-refractivity contribution in [2.75, 3.05) is 18.8 Å². The molecule has 0 unspecified atom stereocenters. The van der Waals surface area contributed by atoms with Gasteiger partial charge in [-0.1, -0.05) is 41.6 Å². The van der Waals surface area contributed by atoms with Crippen LogP contribution in [0.2, 0.25) is 0 Å². The molecule has 2 N–H and O–H groups in total. The van der Waals surface area contributed by atoms with E-state index >= 15 is 0 Å². The number of thioether (sulfide) groups is 1. The summed E-state index contributed by atoms with van der Waals surface area (Å²) >= 11 is 1.44. The van der Waals surface area contributed by atoms with E-state index in [0.717, 1.165) is 16.2 Å². The molecule has 1 aromatic rings. The molecule has 8 heteroatoms. The van der Waals surface area contributed by atoms with Gasteiger partial charge in [-0.3, -0.25) is 19.5 Å². The highest BCUT2D eigenvalue weighted by atomic mass is 32.2. The van der Waals surface area contributed by atoms with Crippen molar-refractivity contribution in [3.05, 3.63) is 35.4 Å². The number of urea groups is 1. The molecule has 1 aromatic carbocycles. The number of hydrogen-bond donors (Lipinski definition) is 2. The van der Waals surface area contributed by atoms with Crippen LogP contribution in [0.25, 0.3) is 0 Å². The van der Waals surface area contributed by atoms with Crippen molar-refractivity contribution in [2.24, 2.45) is 4.99 Å². The van der Waals surface area contributed by atoms with Gasteiger partial charge in [0.2, 0.25) is 5.91 Å². The van der Waals surface area contributed by atoms with E-state index in [1.165, 1.54) is 11.8 Å². The van der Waals surface area contributed by atoms with Crippen LogP contribution in [0, 0.1) is 6.92 Å². The highest BCUT2D eigenvalue weighted by Crippen LogP contribution is 2.28. The van der Waals surface area contributed by atoms with Crippen LogP contribution < -0.4 is 10.6 Å². The number of aryl methyl sites for hydroxylation is 1. The maximum atomic E-state index is 12.7. The van der Waals surface area contributed by atoms with Gasteiger partial charge >= 0.3 is 6.03 Å². The summed E-state index contributed by atoms with van der Waals surface area (Å²) < 4.78 is 0. The van der Waals surface area contributed by atoms with Crippen molar-refractivity contribution in [1.82, 2.24) is 15.5 Å². The number of aliphatic imine (C=N–C) groups is 1. The molecule has 3 rings (SSSR count). The first kappa shape index (κ1) is 16.5. The fourth-order valence-corrected chi connectivity index (χ4v) is 3.38. The first-order chi connectivity index (χ1) is 11.4. The van der Waals surface area contributed by atoms with Crippen LogP contribution in [0.4, 0.5) is 4.79 Å². The number of benzene rings is 1. The molecular formula is C16H18N4O3S. The Morgan fingerprint density at radius 3 is 2.71 bits per heavy atom. The fraction of sp³-hybridized carbons (Fsp3) is 0.375. The monoisotopic (exact) mass is 346 g/mol. The van der Waals surface area contributed by atoms with Gasteiger partial charge in [0.1, 0.15) is 12.1 Å². The molecule has 126 valence electrons. The number of carbonyl (C=O) groups is 3. The average Bonchev–Trinajstić information content (AvgIpc) is 3.11. The molecule has 0 aromatic heterocycles. The first-order valence-electron chi connectivity index (χ1n) is 7.58. The number of amides is 4. The lowest BCUT2D eigenvalue weighted by Crippen LogP contribution is -2.43. The van der Waals surface area contributed by atoms with Crippen LogP contribution in [-0.4, -0.2) is 46.8 Å². The quantitative estimate of drug-likeness (QED) is 0.798. The Hall–Kier alpha value is -2.35. The van der Waals surface area contributed by atoms with E-state index in [0.29, 0.717) is 17.3 Å². The minimum absolute atomic E-state index is 0.328. The summed E-state index contributed by atoms with van der Waals surface area (Å²) in [6.07, 6.45) is 0. The zero-order chi connectivity index (χ0) is 17.3. The molecule has 0 bridgehead atoms. The van der Waals surface area contributed by atoms with Crippen molar-refractivity contribution in [1.29, 1.82) is 0 Å². The van der Waals surface area contributed by atoms with Gasteiger partial charge in [-0.15, -0.1) is 0 Å². The van der Waals surface area contributed by atoms with Crippen LogP contribution in [0.5, 0.6) is 0 Å². The molecule has 7 nitrogen and oxygen atoms in total. The zero-order valence-electron chi connectivity index (χ0n) is 13.5. The Kier molecular flexibility index (Phi) is 4.31. The minimum Gasteiger partial charge on any atom is -0.319 e. The van der Waals surface area contributed by atoms with Crippen molar-refractivity contribution in [2.45, 2.75) is 19.4 Å². The third kappa shape index (κ3) is 3.01. The SMILES string of the molecule is Cc1ccc([C@]2(C)NC(=O)N(CC(=O)NC3=NCCS3)C2=O)cc1. The van der Waals surface area contributed by atoms with Crippen LogP contribution in [0.3, 0.4) is 0 Å². The van der Waals surface area contributed by atoms with Crippen LogP contribution in [0.15, 0.2) is 29.3 Å². The number of rotatable bonds is 3. The van der Waals surface area contributed by atoms with Crippen molar-refractivity contribution in [3.8, 4) is 0 Å². The Bertz CT molecular complexity index is 731. The smallest absolute Gasteiger partial charge is 0.319 e. The Labute approximate surface area is 143 Å². The predicted octanol–water partition coefficient (Wildman–Crippen LogP) is 0.981. The van der Waals surface area contributed by atoms with Gasteiger partial charge in [-0.25, -0.2) is 4.79 Å². The number of imide groups is 1. The van der Waals surface area contributed by atoms with Crippen LogP contribution >= 0.6 is 11.8 Å². The summed E-state index contributed by atoms with van der Waals surface area (Å²) in [6.45, 7) is 3.93. The van der Waals surface area contributed by atoms with Crippen LogP contribution in [-0.2, 0) is 15.1 Å². The molecule has 0 spiro atoms. The summed E-state index contributed by atoms with van der Waals surface area (Å²) in [6, 6.07) is 6.80. The lowest BCUT2D eigenvalue weighted by molar-refractivity contribution is -0.134. The summed E-state index contributed by atoms with van der Waals surface area (Å²) in [7, 11) is 0. The third-order valence-electron chi connectivity index (χ3n) is 4.04. The molecule has 4 amide bonds. The highest BCUT2D eigenvalue weighted by Gasteiger charge is 2.49. The molecule has 24 heavy (non-hydrogen) atoms. The molecule has 1 saturated heterocycles. The summed E-state index contributed by atoms with van der Waals surface area (Å²) in [4.78, 5) is 42.0. The lowest BCUT2D eigenvalue weighted by Gasteiger charge is -2.22. The number of nitrogens with one attached hydrogen (secondary N) is 2. The molecule has 2 aliphatic heterocycles. The Morgan fingerprint density at radius 2 is 2.08 bits per heavy atom. The summed E-state index contributed by atoms with van der Waals surface area (Å²) in [5, 5.41) is 5.84. The maximum absolute atomic E-state index is 12.7. The van der Waals surface area contributed by atoms with E-state index in [9.17, 15) is 14.4 Å². The van der Waals surface area contributed by atoms with E-state index < -0.39 is 23.4 Å². The molecule has 0 saturated carbocycles. The van der Waals surface area contributed by atoms with Crippen molar-refractivity contribution >= 4 is 34.8 Å². The topological polar surface area (TPSA) is 90.9 Å². The largest absolute Gasteiger partial charge is 0.325 e. The standard InChI is InChI=1S/C16H18N4O3S/c1-10-3-5-11(6-4-10)16(2)13(22)20(15(23)19-16)9-12(21)18-14-17-7-8-24-14/h3-6H,7-9H2,1-2H3,(H,19,23)(H,17,18,21)/t16-/m0/s1. The molecule has 1 fully saturated rings. The molecule has 0 aliphatic carbocycles. The van der Waals surface area contributed by atoms with Crippen molar-refractivity contribution in [3.63, 3.8) is 0 Å². The first-order valence-corrected chi connectivity index (χ1v) is 8.57. The third-order valence-corrected chi connectivity index (χ3v) is 4.93. The second kappa shape index (κ2) is 6.27. The van der Waals surface area contributed by atoms with Gasteiger partial charge < -0.3 is 10.6 Å². The molecule has 0 radical (unpaired) electrons. The van der Waals surface area contributed by atoms with E-state index in [2.05, 4.69) is 15.6 Å². The highest BCUT2D eigenvalue weighted by molar-refractivity contribution is 8.14. The Morgan fingerprint density at radius 1 is 1.38 bits per heavy atom. The second-order valence-electron chi connectivity index (χ2n) is 5.90. The van der Waals surface area contributed by atoms with E-state index in [4.69, 9.17) is 0 Å². The Balaban J connectivity index is 1.73. The van der Waals surface area contributed by atoms with E-state index in [-0.39, 0.29) is 6.54 Å². The van der Waals surface area contributed by atoms with Gasteiger partial charge in [-0.2, -0.15) is 0 Å². The van der Waals surface area contributed by atoms with Gasteiger partial charge in [0.15, 0.2) is 5.17 Å². The van der Waals surface area contributed by atoms with Gasteiger partial charge in [0.25, 0.3) is 5.91 Å². The number of carbonyl (C=O) groups excluding carboxylic acids is 3. The van der Waals surface area contributed by atoms with E-state index in [1.54, 1.807) is 19.1 Å². The number of nitrogens with zero attached hydrogens (tertiary/aromatic N) is 2. The molecular weight excluding hydrogens is 328 g/mol. The number of hydrogen-bond acceptors (Lipinski definition) is 5.